The Balaban J connectivity index is 2.04. The van der Waals surface area contributed by atoms with Gasteiger partial charge in [-0.3, -0.25) is 0 Å². The van der Waals surface area contributed by atoms with Crippen LogP contribution < -0.4 is 10.2 Å². The van der Waals surface area contributed by atoms with Crippen molar-refractivity contribution in [3.8, 4) is 0 Å². The quantitative estimate of drug-likeness (QED) is 0.783. The van der Waals surface area contributed by atoms with Crippen LogP contribution in [-0.4, -0.2) is 36.1 Å². The second-order valence-electron chi connectivity index (χ2n) is 5.02. The maximum atomic E-state index is 4.85. The van der Waals surface area contributed by atoms with Gasteiger partial charge in [-0.15, -0.1) is 11.3 Å². The van der Waals surface area contributed by atoms with Crippen molar-refractivity contribution in [3.05, 3.63) is 10.6 Å². The van der Waals surface area contributed by atoms with Gasteiger partial charge < -0.3 is 10.2 Å². The summed E-state index contributed by atoms with van der Waals surface area (Å²) in [4.78, 5) is 8.66. The molecule has 3 nitrogen and oxygen atoms in total. The monoisotopic (exact) mass is 299 g/mol. The van der Waals surface area contributed by atoms with Crippen molar-refractivity contribution in [2.24, 2.45) is 0 Å². The smallest absolute Gasteiger partial charge is 0.185 e. The topological polar surface area (TPSA) is 28.2 Å². The Hall–Kier alpha value is -0.260. The third kappa shape index (κ3) is 3.86. The molecule has 1 N–H and O–H groups in total. The molecule has 0 spiro atoms. The molecule has 2 heterocycles. The lowest BCUT2D eigenvalue weighted by molar-refractivity contribution is 0.676. The van der Waals surface area contributed by atoms with Gasteiger partial charge in [0.15, 0.2) is 5.13 Å². The second-order valence-corrected chi connectivity index (χ2v) is 7.24. The van der Waals surface area contributed by atoms with E-state index in [0.29, 0.717) is 6.04 Å². The van der Waals surface area contributed by atoms with Crippen molar-refractivity contribution in [1.29, 1.82) is 0 Å². The van der Waals surface area contributed by atoms with Crippen molar-refractivity contribution in [1.82, 2.24) is 10.3 Å². The van der Waals surface area contributed by atoms with Gasteiger partial charge in [0.25, 0.3) is 0 Å². The molecule has 1 saturated heterocycles. The zero-order valence-electron chi connectivity index (χ0n) is 12.2. The molecule has 1 atom stereocenters. The molecule has 1 aliphatic rings. The fourth-order valence-corrected chi connectivity index (χ4v) is 4.72. The molecule has 2 rings (SSSR count). The molecular formula is C14H25N3S2. The van der Waals surface area contributed by atoms with Gasteiger partial charge in [-0.2, -0.15) is 11.8 Å². The summed E-state index contributed by atoms with van der Waals surface area (Å²) in [5.41, 5.74) is 1.28. The van der Waals surface area contributed by atoms with Crippen LogP contribution in [0.15, 0.2) is 0 Å². The molecule has 1 fully saturated rings. The van der Waals surface area contributed by atoms with E-state index in [1.165, 1.54) is 40.0 Å². The first-order valence-corrected chi connectivity index (χ1v) is 9.23. The predicted molar refractivity (Wildman–Crippen MR) is 87.6 cm³/mol. The molecule has 0 bridgehead atoms. The van der Waals surface area contributed by atoms with E-state index in [-0.39, 0.29) is 0 Å². The van der Waals surface area contributed by atoms with E-state index in [9.17, 15) is 0 Å². The van der Waals surface area contributed by atoms with Gasteiger partial charge in [0.1, 0.15) is 0 Å². The Morgan fingerprint density at radius 1 is 1.42 bits per heavy atom. The normalized spacial score (nSPS) is 19.0. The van der Waals surface area contributed by atoms with Gasteiger partial charge in [0.2, 0.25) is 0 Å². The molecule has 0 radical (unpaired) electrons. The van der Waals surface area contributed by atoms with Crippen LogP contribution in [-0.2, 0) is 13.0 Å². The van der Waals surface area contributed by atoms with Crippen LogP contribution in [0.4, 0.5) is 5.13 Å². The van der Waals surface area contributed by atoms with Crippen molar-refractivity contribution < 1.29 is 0 Å². The summed E-state index contributed by atoms with van der Waals surface area (Å²) in [7, 11) is 2.21. The maximum Gasteiger partial charge on any atom is 0.185 e. The van der Waals surface area contributed by atoms with Crippen molar-refractivity contribution in [2.45, 2.75) is 45.7 Å². The maximum absolute atomic E-state index is 4.85. The molecule has 0 aliphatic carbocycles. The molecule has 5 heteroatoms. The summed E-state index contributed by atoms with van der Waals surface area (Å²) in [6, 6.07) is 0.678. The van der Waals surface area contributed by atoms with Crippen molar-refractivity contribution in [3.63, 3.8) is 0 Å². The van der Waals surface area contributed by atoms with Gasteiger partial charge in [0.05, 0.1) is 5.69 Å². The van der Waals surface area contributed by atoms with E-state index in [4.69, 9.17) is 4.98 Å². The van der Waals surface area contributed by atoms with Crippen LogP contribution >= 0.6 is 23.1 Å². The SMILES string of the molecule is CCCNCc1sc(N(C)C2CCSC2)nc1CC. The Kier molecular flexibility index (Phi) is 5.98. The third-order valence-corrected chi connectivity index (χ3v) is 5.90. The summed E-state index contributed by atoms with van der Waals surface area (Å²) < 4.78 is 0. The lowest BCUT2D eigenvalue weighted by Crippen LogP contribution is -2.31. The fraction of sp³-hybridized carbons (Fsp3) is 0.786. The van der Waals surface area contributed by atoms with Gasteiger partial charge in [0, 0.05) is 30.3 Å². The van der Waals surface area contributed by atoms with Crippen LogP contribution in [0, 0.1) is 0 Å². The highest BCUT2D eigenvalue weighted by molar-refractivity contribution is 7.99. The first kappa shape index (κ1) is 15.1. The Labute approximate surface area is 125 Å². The standard InChI is InChI=1S/C14H25N3S2/c1-4-7-15-9-13-12(5-2)16-14(19-13)17(3)11-6-8-18-10-11/h11,15H,4-10H2,1-3H3. The fourth-order valence-electron chi connectivity index (χ4n) is 2.30. The van der Waals surface area contributed by atoms with Crippen LogP contribution in [0.1, 0.15) is 37.3 Å². The van der Waals surface area contributed by atoms with Crippen LogP contribution in [0.2, 0.25) is 0 Å². The van der Waals surface area contributed by atoms with E-state index < -0.39 is 0 Å². The van der Waals surface area contributed by atoms with E-state index in [0.717, 1.165) is 19.5 Å². The van der Waals surface area contributed by atoms with Gasteiger partial charge >= 0.3 is 0 Å². The minimum absolute atomic E-state index is 0.678. The summed E-state index contributed by atoms with van der Waals surface area (Å²) >= 11 is 3.93. The van der Waals surface area contributed by atoms with E-state index in [1.807, 2.05) is 11.3 Å². The molecular weight excluding hydrogens is 274 g/mol. The molecule has 1 aromatic heterocycles. The zero-order valence-corrected chi connectivity index (χ0v) is 13.9. The first-order valence-electron chi connectivity index (χ1n) is 7.26. The molecule has 1 aromatic rings. The number of hydrogen-bond donors (Lipinski definition) is 1. The Morgan fingerprint density at radius 2 is 2.26 bits per heavy atom. The average molecular weight is 300 g/mol. The van der Waals surface area contributed by atoms with Crippen molar-refractivity contribution >= 4 is 28.2 Å². The summed E-state index contributed by atoms with van der Waals surface area (Å²) in [5.74, 6) is 2.55. The number of thioether (sulfide) groups is 1. The average Bonchev–Trinajstić information content (AvgIpc) is 3.07. The first-order chi connectivity index (χ1) is 9.26. The van der Waals surface area contributed by atoms with Crippen molar-refractivity contribution in [2.75, 3.05) is 30.0 Å². The zero-order chi connectivity index (χ0) is 13.7. The summed E-state index contributed by atoms with van der Waals surface area (Å²) in [5, 5.41) is 4.70. The van der Waals surface area contributed by atoms with E-state index in [2.05, 4.69) is 42.9 Å². The lowest BCUT2D eigenvalue weighted by atomic mass is 10.2. The summed E-state index contributed by atoms with van der Waals surface area (Å²) in [6.07, 6.45) is 3.52. The van der Waals surface area contributed by atoms with Crippen LogP contribution in [0.3, 0.4) is 0 Å². The number of aromatic nitrogens is 1. The van der Waals surface area contributed by atoms with Crippen LogP contribution in [0.25, 0.3) is 0 Å². The number of nitrogens with zero attached hydrogens (tertiary/aromatic N) is 2. The summed E-state index contributed by atoms with van der Waals surface area (Å²) in [6.45, 7) is 6.47. The number of nitrogens with one attached hydrogen (secondary N) is 1. The van der Waals surface area contributed by atoms with Crippen LogP contribution in [0.5, 0.6) is 0 Å². The highest BCUT2D eigenvalue weighted by atomic mass is 32.2. The number of rotatable bonds is 7. The molecule has 19 heavy (non-hydrogen) atoms. The number of thiazole rings is 1. The number of anilines is 1. The molecule has 0 aromatic carbocycles. The highest BCUT2D eigenvalue weighted by Crippen LogP contribution is 2.31. The molecule has 0 amide bonds. The van der Waals surface area contributed by atoms with E-state index in [1.54, 1.807) is 0 Å². The molecule has 1 unspecified atom stereocenters. The largest absolute Gasteiger partial charge is 0.347 e. The number of hydrogen-bond acceptors (Lipinski definition) is 5. The van der Waals surface area contributed by atoms with Gasteiger partial charge in [-0.1, -0.05) is 13.8 Å². The second kappa shape index (κ2) is 7.50. The lowest BCUT2D eigenvalue weighted by Gasteiger charge is -2.22. The minimum Gasteiger partial charge on any atom is -0.347 e. The molecule has 0 saturated carbocycles. The van der Waals surface area contributed by atoms with Gasteiger partial charge in [-0.25, -0.2) is 4.98 Å². The van der Waals surface area contributed by atoms with E-state index >= 15 is 0 Å². The Morgan fingerprint density at radius 3 is 2.89 bits per heavy atom. The minimum atomic E-state index is 0.678. The van der Waals surface area contributed by atoms with Gasteiger partial charge in [-0.05, 0) is 31.6 Å². The number of aryl methyl sites for hydroxylation is 1. The Bertz CT molecular complexity index is 386. The third-order valence-electron chi connectivity index (χ3n) is 3.57. The highest BCUT2D eigenvalue weighted by Gasteiger charge is 2.23. The molecule has 108 valence electrons. The predicted octanol–water partition coefficient (Wildman–Crippen LogP) is 3.15. The molecule has 1 aliphatic heterocycles.